The molecule has 1 saturated heterocycles. The summed E-state index contributed by atoms with van der Waals surface area (Å²) < 4.78 is 4.93. The molecule has 3 atom stereocenters. The molecule has 12 heavy (non-hydrogen) atoms. The second-order valence-electron chi connectivity index (χ2n) is 3.23. The Hall–Kier alpha value is -0.610. The molecule has 2 N–H and O–H groups in total. The van der Waals surface area contributed by atoms with Gasteiger partial charge in [-0.3, -0.25) is 4.79 Å². The van der Waals surface area contributed by atoms with Crippen LogP contribution in [0.2, 0.25) is 0 Å². The average molecular weight is 174 g/mol. The van der Waals surface area contributed by atoms with E-state index in [0.29, 0.717) is 6.42 Å². The van der Waals surface area contributed by atoms with Crippen LogP contribution in [-0.4, -0.2) is 34.5 Å². The second-order valence-corrected chi connectivity index (χ2v) is 3.23. The normalized spacial score (nSPS) is 41.5. The first-order valence-electron chi connectivity index (χ1n) is 4.09. The molecule has 0 aromatic carbocycles. The lowest BCUT2D eigenvalue weighted by Crippen LogP contribution is -2.43. The lowest BCUT2D eigenvalue weighted by atomic mass is 9.90. The topological polar surface area (TPSA) is 66.8 Å². The van der Waals surface area contributed by atoms with E-state index in [1.54, 1.807) is 13.8 Å². The molecule has 4 nitrogen and oxygen atoms in total. The molecule has 0 bridgehead atoms. The van der Waals surface area contributed by atoms with Crippen molar-refractivity contribution in [1.29, 1.82) is 0 Å². The van der Waals surface area contributed by atoms with Gasteiger partial charge in [0.15, 0.2) is 5.60 Å². The zero-order valence-electron chi connectivity index (χ0n) is 7.28. The van der Waals surface area contributed by atoms with E-state index in [0.717, 1.165) is 0 Å². The summed E-state index contributed by atoms with van der Waals surface area (Å²) in [5.74, 6) is -0.963. The lowest BCUT2D eigenvalue weighted by molar-refractivity contribution is -0.156. The standard InChI is InChI=1S/C8H14O4/c1-3-8(4-9)6(10)5(2)7(11)12-8/h5-6,9-10H,3-4H2,1-2H3/t5-,6-,8+/m0/s1. The Morgan fingerprint density at radius 3 is 2.42 bits per heavy atom. The van der Waals surface area contributed by atoms with Crippen LogP contribution in [0.25, 0.3) is 0 Å². The highest BCUT2D eigenvalue weighted by Gasteiger charge is 2.51. The number of rotatable bonds is 2. The Bertz CT molecular complexity index is 185. The molecule has 0 aliphatic carbocycles. The Morgan fingerprint density at radius 1 is 1.67 bits per heavy atom. The number of hydrogen-bond acceptors (Lipinski definition) is 4. The van der Waals surface area contributed by atoms with Gasteiger partial charge in [0, 0.05) is 0 Å². The van der Waals surface area contributed by atoms with Crippen molar-refractivity contribution in [2.75, 3.05) is 6.61 Å². The Labute approximate surface area is 71.2 Å². The van der Waals surface area contributed by atoms with Crippen molar-refractivity contribution in [3.8, 4) is 0 Å². The van der Waals surface area contributed by atoms with Gasteiger partial charge in [0.25, 0.3) is 0 Å². The zero-order valence-corrected chi connectivity index (χ0v) is 7.28. The van der Waals surface area contributed by atoms with Crippen LogP contribution in [0.5, 0.6) is 0 Å². The van der Waals surface area contributed by atoms with Crippen LogP contribution in [0.1, 0.15) is 20.3 Å². The van der Waals surface area contributed by atoms with Crippen molar-refractivity contribution in [1.82, 2.24) is 0 Å². The monoisotopic (exact) mass is 174 g/mol. The molecular weight excluding hydrogens is 160 g/mol. The summed E-state index contributed by atoms with van der Waals surface area (Å²) in [5, 5.41) is 18.6. The number of cyclic esters (lactones) is 1. The third-order valence-corrected chi connectivity index (χ3v) is 2.55. The fraction of sp³-hybridized carbons (Fsp3) is 0.875. The molecule has 1 aliphatic rings. The highest BCUT2D eigenvalue weighted by molar-refractivity contribution is 5.76. The number of hydrogen-bond donors (Lipinski definition) is 2. The van der Waals surface area contributed by atoms with E-state index in [1.165, 1.54) is 0 Å². The minimum absolute atomic E-state index is 0.319. The minimum atomic E-state index is -1.06. The highest BCUT2D eigenvalue weighted by Crippen LogP contribution is 2.33. The summed E-state index contributed by atoms with van der Waals surface area (Å²) in [4.78, 5) is 11.0. The van der Waals surface area contributed by atoms with Gasteiger partial charge in [-0.2, -0.15) is 0 Å². The van der Waals surface area contributed by atoms with E-state index in [4.69, 9.17) is 9.84 Å². The number of ether oxygens (including phenoxy) is 1. The maximum absolute atomic E-state index is 11.0. The molecular formula is C8H14O4. The van der Waals surface area contributed by atoms with Crippen LogP contribution >= 0.6 is 0 Å². The highest BCUT2D eigenvalue weighted by atomic mass is 16.6. The molecule has 4 heteroatoms. The third-order valence-electron chi connectivity index (χ3n) is 2.55. The van der Waals surface area contributed by atoms with E-state index in [9.17, 15) is 9.90 Å². The van der Waals surface area contributed by atoms with Gasteiger partial charge in [0.05, 0.1) is 12.5 Å². The Morgan fingerprint density at radius 2 is 2.25 bits per heavy atom. The van der Waals surface area contributed by atoms with Crippen LogP contribution in [0, 0.1) is 5.92 Å². The molecule has 1 heterocycles. The number of aliphatic hydroxyl groups is 2. The number of carbonyl (C=O) groups excluding carboxylic acids is 1. The molecule has 0 saturated carbocycles. The Balaban J connectivity index is 2.86. The minimum Gasteiger partial charge on any atom is -0.454 e. The van der Waals surface area contributed by atoms with Gasteiger partial charge in [-0.05, 0) is 13.3 Å². The predicted molar refractivity (Wildman–Crippen MR) is 41.4 cm³/mol. The van der Waals surface area contributed by atoms with Crippen molar-refractivity contribution in [2.24, 2.45) is 5.92 Å². The largest absolute Gasteiger partial charge is 0.454 e. The molecule has 0 unspecified atom stereocenters. The van der Waals surface area contributed by atoms with Gasteiger partial charge in [-0.15, -0.1) is 0 Å². The van der Waals surface area contributed by atoms with Crippen molar-refractivity contribution in [3.63, 3.8) is 0 Å². The summed E-state index contributed by atoms with van der Waals surface area (Å²) in [6, 6.07) is 0. The summed E-state index contributed by atoms with van der Waals surface area (Å²) >= 11 is 0. The van der Waals surface area contributed by atoms with Crippen molar-refractivity contribution < 1.29 is 19.7 Å². The van der Waals surface area contributed by atoms with Crippen molar-refractivity contribution in [3.05, 3.63) is 0 Å². The zero-order chi connectivity index (χ0) is 9.35. The molecule has 0 spiro atoms. The maximum atomic E-state index is 11.0. The summed E-state index contributed by atoms with van der Waals surface area (Å²) in [6.07, 6.45) is -0.458. The van der Waals surface area contributed by atoms with Crippen LogP contribution < -0.4 is 0 Å². The molecule has 70 valence electrons. The SMILES string of the molecule is CC[C@]1(CO)OC(=O)[C@@H](C)[C@@H]1O. The fourth-order valence-electron chi connectivity index (χ4n) is 1.46. The molecule has 1 fully saturated rings. The first kappa shape index (κ1) is 9.48. The van der Waals surface area contributed by atoms with Crippen LogP contribution in [0.3, 0.4) is 0 Å². The van der Waals surface area contributed by atoms with E-state index in [2.05, 4.69) is 0 Å². The maximum Gasteiger partial charge on any atom is 0.312 e. The average Bonchev–Trinajstić information content (AvgIpc) is 2.30. The van der Waals surface area contributed by atoms with E-state index in [-0.39, 0.29) is 6.61 Å². The van der Waals surface area contributed by atoms with E-state index < -0.39 is 23.6 Å². The summed E-state index contributed by atoms with van der Waals surface area (Å²) in [5.41, 5.74) is -1.06. The number of aliphatic hydroxyl groups excluding tert-OH is 2. The molecule has 0 aromatic heterocycles. The van der Waals surface area contributed by atoms with Crippen LogP contribution in [0.4, 0.5) is 0 Å². The summed E-state index contributed by atoms with van der Waals surface area (Å²) in [6.45, 7) is 3.05. The fourth-order valence-corrected chi connectivity index (χ4v) is 1.46. The van der Waals surface area contributed by atoms with Crippen LogP contribution in [-0.2, 0) is 9.53 Å². The van der Waals surface area contributed by atoms with E-state index in [1.807, 2.05) is 0 Å². The smallest absolute Gasteiger partial charge is 0.312 e. The van der Waals surface area contributed by atoms with Gasteiger partial charge < -0.3 is 14.9 Å². The number of carbonyl (C=O) groups is 1. The van der Waals surface area contributed by atoms with Crippen molar-refractivity contribution >= 4 is 5.97 Å². The van der Waals surface area contributed by atoms with Gasteiger partial charge in [0.1, 0.15) is 6.10 Å². The second kappa shape index (κ2) is 3.03. The van der Waals surface area contributed by atoms with E-state index >= 15 is 0 Å². The van der Waals surface area contributed by atoms with Gasteiger partial charge in [0.2, 0.25) is 0 Å². The quantitative estimate of drug-likeness (QED) is 0.563. The first-order valence-corrected chi connectivity index (χ1v) is 4.09. The summed E-state index contributed by atoms with van der Waals surface area (Å²) in [7, 11) is 0. The van der Waals surface area contributed by atoms with Gasteiger partial charge >= 0.3 is 5.97 Å². The van der Waals surface area contributed by atoms with Gasteiger partial charge in [-0.1, -0.05) is 6.92 Å². The van der Waals surface area contributed by atoms with Gasteiger partial charge in [-0.25, -0.2) is 0 Å². The third kappa shape index (κ3) is 1.11. The predicted octanol–water partition coefficient (Wildman–Crippen LogP) is -0.319. The first-order chi connectivity index (χ1) is 5.57. The molecule has 0 aromatic rings. The Kier molecular flexibility index (Phi) is 2.39. The molecule has 0 radical (unpaired) electrons. The lowest BCUT2D eigenvalue weighted by Gasteiger charge is -2.27. The number of esters is 1. The van der Waals surface area contributed by atoms with Crippen LogP contribution in [0.15, 0.2) is 0 Å². The molecule has 0 amide bonds. The molecule has 1 rings (SSSR count). The molecule has 1 aliphatic heterocycles. The van der Waals surface area contributed by atoms with Crippen molar-refractivity contribution in [2.45, 2.75) is 32.0 Å².